The zero-order chi connectivity index (χ0) is 21.9. The summed E-state index contributed by atoms with van der Waals surface area (Å²) in [7, 11) is 0. The van der Waals surface area contributed by atoms with Gasteiger partial charge in [-0.15, -0.1) is 0 Å². The first-order valence-corrected chi connectivity index (χ1v) is 11.5. The monoisotopic (exact) mass is 427 g/mol. The molecule has 1 fully saturated rings. The molecular formula is C27H29N3O2. The summed E-state index contributed by atoms with van der Waals surface area (Å²) < 4.78 is 5.94. The molecule has 2 aromatic carbocycles. The first kappa shape index (κ1) is 20.6. The van der Waals surface area contributed by atoms with E-state index in [2.05, 4.69) is 23.2 Å². The zero-order valence-corrected chi connectivity index (χ0v) is 18.3. The highest BCUT2D eigenvalue weighted by Gasteiger charge is 2.22. The molecule has 2 aliphatic rings. The van der Waals surface area contributed by atoms with Gasteiger partial charge in [0.15, 0.2) is 0 Å². The van der Waals surface area contributed by atoms with Gasteiger partial charge in [-0.3, -0.25) is 4.79 Å². The van der Waals surface area contributed by atoms with E-state index in [0.717, 1.165) is 28.0 Å². The van der Waals surface area contributed by atoms with Gasteiger partial charge in [0, 0.05) is 29.4 Å². The molecule has 0 bridgehead atoms. The van der Waals surface area contributed by atoms with E-state index in [1.54, 1.807) is 12.3 Å². The predicted molar refractivity (Wildman–Crippen MR) is 127 cm³/mol. The van der Waals surface area contributed by atoms with E-state index in [4.69, 9.17) is 10.5 Å². The molecule has 5 nitrogen and oxygen atoms in total. The second-order valence-corrected chi connectivity index (χ2v) is 8.83. The Balaban J connectivity index is 1.34. The third kappa shape index (κ3) is 4.33. The Morgan fingerprint density at radius 3 is 2.50 bits per heavy atom. The van der Waals surface area contributed by atoms with Gasteiger partial charge in [0.25, 0.3) is 5.91 Å². The number of anilines is 1. The largest absolute Gasteiger partial charge is 0.491 e. The van der Waals surface area contributed by atoms with Gasteiger partial charge in [0.2, 0.25) is 0 Å². The van der Waals surface area contributed by atoms with Crippen molar-refractivity contribution in [3.8, 4) is 16.9 Å². The van der Waals surface area contributed by atoms with Crippen molar-refractivity contribution < 1.29 is 9.53 Å². The quantitative estimate of drug-likeness (QED) is 0.607. The first-order chi connectivity index (χ1) is 15.7. The number of fused-ring (bicyclic) bond motifs is 1. The van der Waals surface area contributed by atoms with Crippen LogP contribution in [0, 0.1) is 0 Å². The fraction of sp³-hybridized carbons (Fsp3) is 0.333. The van der Waals surface area contributed by atoms with Crippen LogP contribution in [-0.4, -0.2) is 28.9 Å². The van der Waals surface area contributed by atoms with E-state index in [0.29, 0.717) is 31.4 Å². The maximum Gasteiger partial charge on any atom is 0.254 e. The Kier molecular flexibility index (Phi) is 5.80. The molecule has 5 rings (SSSR count). The highest BCUT2D eigenvalue weighted by Crippen LogP contribution is 2.33. The van der Waals surface area contributed by atoms with Gasteiger partial charge in [-0.1, -0.05) is 37.5 Å². The molecule has 0 saturated heterocycles. The Morgan fingerprint density at radius 2 is 1.75 bits per heavy atom. The summed E-state index contributed by atoms with van der Waals surface area (Å²) in [6.45, 7) is 1.58. The summed E-state index contributed by atoms with van der Waals surface area (Å²) in [5.41, 5.74) is 10.9. The highest BCUT2D eigenvalue weighted by atomic mass is 16.5. The van der Waals surface area contributed by atoms with Crippen LogP contribution in [0.5, 0.6) is 5.75 Å². The second-order valence-electron chi connectivity index (χ2n) is 8.83. The Labute approximate surface area is 189 Å². The molecule has 164 valence electrons. The van der Waals surface area contributed by atoms with E-state index in [9.17, 15) is 4.79 Å². The standard InChI is InChI=1S/C27H29N3O2/c28-26-13-11-23(17-29-26)22-10-12-25-24(16-22)18-30(14-15-32-25)27(31)21-8-6-20(7-9-21)19-4-2-1-3-5-19/h6-13,16-17,19H,1-5,14-15,18H2,(H2,28,29). The Bertz CT molecular complexity index is 1090. The van der Waals surface area contributed by atoms with Gasteiger partial charge in [-0.25, -0.2) is 4.98 Å². The number of ether oxygens (including phenoxy) is 1. The number of pyridine rings is 1. The van der Waals surface area contributed by atoms with Crippen LogP contribution in [0.4, 0.5) is 5.82 Å². The van der Waals surface area contributed by atoms with E-state index < -0.39 is 0 Å². The van der Waals surface area contributed by atoms with Crippen molar-refractivity contribution >= 4 is 11.7 Å². The Morgan fingerprint density at radius 1 is 0.969 bits per heavy atom. The highest BCUT2D eigenvalue weighted by molar-refractivity contribution is 5.94. The number of benzene rings is 2. The molecule has 5 heteroatoms. The summed E-state index contributed by atoms with van der Waals surface area (Å²) >= 11 is 0. The van der Waals surface area contributed by atoms with Crippen LogP contribution in [0.2, 0.25) is 0 Å². The van der Waals surface area contributed by atoms with Crippen LogP contribution in [0.3, 0.4) is 0 Å². The average Bonchev–Trinajstić information content (AvgIpc) is 3.07. The normalized spacial score (nSPS) is 16.7. The molecule has 0 spiro atoms. The van der Waals surface area contributed by atoms with E-state index in [1.165, 1.54) is 37.7 Å². The van der Waals surface area contributed by atoms with Gasteiger partial charge in [0.1, 0.15) is 18.2 Å². The molecule has 2 heterocycles. The van der Waals surface area contributed by atoms with Gasteiger partial charge >= 0.3 is 0 Å². The maximum atomic E-state index is 13.3. The lowest BCUT2D eigenvalue weighted by Gasteiger charge is -2.23. The maximum absolute atomic E-state index is 13.3. The number of carbonyl (C=O) groups excluding carboxylic acids is 1. The minimum absolute atomic E-state index is 0.0520. The van der Waals surface area contributed by atoms with Gasteiger partial charge in [-0.2, -0.15) is 0 Å². The molecule has 1 saturated carbocycles. The molecule has 1 aromatic heterocycles. The third-order valence-electron chi connectivity index (χ3n) is 6.68. The van der Waals surface area contributed by atoms with Gasteiger partial charge in [0.05, 0.1) is 6.54 Å². The first-order valence-electron chi connectivity index (χ1n) is 11.5. The Hall–Kier alpha value is -3.34. The molecule has 1 aliphatic heterocycles. The van der Waals surface area contributed by atoms with Crippen molar-refractivity contribution in [3.05, 3.63) is 77.5 Å². The topological polar surface area (TPSA) is 68.5 Å². The number of hydrogen-bond donors (Lipinski definition) is 1. The van der Waals surface area contributed by atoms with E-state index in [1.807, 2.05) is 35.2 Å². The average molecular weight is 428 g/mol. The van der Waals surface area contributed by atoms with Crippen LogP contribution in [-0.2, 0) is 6.54 Å². The molecule has 32 heavy (non-hydrogen) atoms. The van der Waals surface area contributed by atoms with Crippen LogP contribution >= 0.6 is 0 Å². The summed E-state index contributed by atoms with van der Waals surface area (Å²) in [5, 5.41) is 0. The summed E-state index contributed by atoms with van der Waals surface area (Å²) in [6, 6.07) is 18.1. The van der Waals surface area contributed by atoms with Crippen LogP contribution in [0.25, 0.3) is 11.1 Å². The smallest absolute Gasteiger partial charge is 0.254 e. The minimum atomic E-state index is 0.0520. The van der Waals surface area contributed by atoms with Crippen LogP contribution < -0.4 is 10.5 Å². The number of amides is 1. The lowest BCUT2D eigenvalue weighted by atomic mass is 9.84. The van der Waals surface area contributed by atoms with E-state index in [-0.39, 0.29) is 5.91 Å². The minimum Gasteiger partial charge on any atom is -0.491 e. The fourth-order valence-electron chi connectivity index (χ4n) is 4.84. The number of carbonyl (C=O) groups is 1. The molecule has 0 atom stereocenters. The van der Waals surface area contributed by atoms with Crippen molar-refractivity contribution in [1.29, 1.82) is 0 Å². The lowest BCUT2D eigenvalue weighted by molar-refractivity contribution is 0.0733. The number of nitrogen functional groups attached to an aromatic ring is 1. The molecule has 1 aliphatic carbocycles. The number of nitrogens with zero attached hydrogens (tertiary/aromatic N) is 2. The summed E-state index contributed by atoms with van der Waals surface area (Å²) in [4.78, 5) is 19.4. The van der Waals surface area contributed by atoms with E-state index >= 15 is 0 Å². The van der Waals surface area contributed by atoms with Gasteiger partial charge in [-0.05, 0) is 66.3 Å². The molecule has 3 aromatic rings. The fourth-order valence-corrected chi connectivity index (χ4v) is 4.84. The van der Waals surface area contributed by atoms with Crippen LogP contribution in [0.15, 0.2) is 60.8 Å². The zero-order valence-electron chi connectivity index (χ0n) is 18.3. The van der Waals surface area contributed by atoms with Crippen LogP contribution in [0.1, 0.15) is 59.5 Å². The SMILES string of the molecule is Nc1ccc(-c2ccc3c(c2)CN(C(=O)c2ccc(C4CCCCC4)cc2)CCO3)cn1. The van der Waals surface area contributed by atoms with Crippen molar-refractivity contribution in [2.45, 2.75) is 44.6 Å². The number of nitrogens with two attached hydrogens (primary N) is 1. The van der Waals surface area contributed by atoms with Crippen molar-refractivity contribution in [1.82, 2.24) is 9.88 Å². The van der Waals surface area contributed by atoms with Crippen molar-refractivity contribution in [2.24, 2.45) is 0 Å². The number of aromatic nitrogens is 1. The molecule has 0 unspecified atom stereocenters. The lowest BCUT2D eigenvalue weighted by Crippen LogP contribution is -2.32. The second kappa shape index (κ2) is 9.03. The molecule has 1 amide bonds. The summed E-state index contributed by atoms with van der Waals surface area (Å²) in [5.74, 6) is 2.03. The van der Waals surface area contributed by atoms with Crippen molar-refractivity contribution in [3.63, 3.8) is 0 Å². The summed E-state index contributed by atoms with van der Waals surface area (Å²) in [6.07, 6.45) is 8.27. The number of hydrogen-bond acceptors (Lipinski definition) is 4. The number of rotatable bonds is 3. The van der Waals surface area contributed by atoms with Crippen molar-refractivity contribution in [2.75, 3.05) is 18.9 Å². The molecular weight excluding hydrogens is 398 g/mol. The van der Waals surface area contributed by atoms with Gasteiger partial charge < -0.3 is 15.4 Å². The molecule has 2 N–H and O–H groups in total. The molecule has 0 radical (unpaired) electrons. The third-order valence-corrected chi connectivity index (χ3v) is 6.68. The predicted octanol–water partition coefficient (Wildman–Crippen LogP) is 5.41.